The van der Waals surface area contributed by atoms with Crippen LogP contribution in [0.1, 0.15) is 30.2 Å². The SMILES string of the molecule is CCCNCc1ccc(F)c(CN(C)Cc2cscn2)c1. The number of nitrogens with one attached hydrogen (secondary N) is 1. The molecule has 0 unspecified atom stereocenters. The third-order valence-electron chi connectivity index (χ3n) is 3.22. The molecule has 0 saturated carbocycles. The van der Waals surface area contributed by atoms with Crippen LogP contribution in [-0.2, 0) is 19.6 Å². The summed E-state index contributed by atoms with van der Waals surface area (Å²) in [6.07, 6.45) is 1.10. The van der Waals surface area contributed by atoms with Crippen LogP contribution in [0.4, 0.5) is 4.39 Å². The summed E-state index contributed by atoms with van der Waals surface area (Å²) in [5, 5.41) is 5.37. The lowest BCUT2D eigenvalue weighted by Gasteiger charge is -2.16. The highest BCUT2D eigenvalue weighted by Crippen LogP contribution is 2.14. The average molecular weight is 307 g/mol. The molecule has 0 aliphatic carbocycles. The zero-order valence-electron chi connectivity index (χ0n) is 12.6. The molecule has 0 fully saturated rings. The third kappa shape index (κ3) is 5.19. The molecule has 0 spiro atoms. The van der Waals surface area contributed by atoms with E-state index >= 15 is 0 Å². The van der Waals surface area contributed by atoms with Crippen molar-refractivity contribution < 1.29 is 4.39 Å². The van der Waals surface area contributed by atoms with E-state index in [1.165, 1.54) is 0 Å². The molecule has 1 heterocycles. The average Bonchev–Trinajstić information content (AvgIpc) is 2.95. The molecule has 2 aromatic rings. The van der Waals surface area contributed by atoms with Crippen LogP contribution in [-0.4, -0.2) is 23.5 Å². The van der Waals surface area contributed by atoms with Crippen molar-refractivity contribution in [3.8, 4) is 0 Å². The second kappa shape index (κ2) is 8.22. The van der Waals surface area contributed by atoms with E-state index in [0.29, 0.717) is 6.54 Å². The lowest BCUT2D eigenvalue weighted by atomic mass is 10.1. The lowest BCUT2D eigenvalue weighted by Crippen LogP contribution is -2.19. The number of thiazole rings is 1. The fraction of sp³-hybridized carbons (Fsp3) is 0.438. The van der Waals surface area contributed by atoms with Gasteiger partial charge in [-0.2, -0.15) is 0 Å². The maximum Gasteiger partial charge on any atom is 0.127 e. The standard InChI is InChI=1S/C16H22FN3S/c1-3-6-18-8-13-4-5-16(17)14(7-13)9-20(2)10-15-11-21-12-19-15/h4-5,7,11-12,18H,3,6,8-10H2,1-2H3. The fourth-order valence-electron chi connectivity index (χ4n) is 2.21. The number of halogens is 1. The Morgan fingerprint density at radius 1 is 1.33 bits per heavy atom. The minimum atomic E-state index is -0.139. The number of aromatic nitrogens is 1. The smallest absolute Gasteiger partial charge is 0.127 e. The van der Waals surface area contributed by atoms with E-state index in [1.807, 2.05) is 30.1 Å². The highest BCUT2D eigenvalue weighted by Gasteiger charge is 2.08. The Balaban J connectivity index is 1.96. The van der Waals surface area contributed by atoms with Crippen LogP contribution in [0, 0.1) is 5.82 Å². The number of nitrogens with zero attached hydrogens (tertiary/aromatic N) is 2. The van der Waals surface area contributed by atoms with Crippen molar-refractivity contribution >= 4 is 11.3 Å². The van der Waals surface area contributed by atoms with Gasteiger partial charge in [-0.05, 0) is 31.6 Å². The number of hydrogen-bond donors (Lipinski definition) is 1. The van der Waals surface area contributed by atoms with Gasteiger partial charge in [-0.25, -0.2) is 9.37 Å². The highest BCUT2D eigenvalue weighted by atomic mass is 32.1. The molecule has 0 aliphatic rings. The van der Waals surface area contributed by atoms with Gasteiger partial charge in [-0.1, -0.05) is 19.1 Å². The van der Waals surface area contributed by atoms with Gasteiger partial charge in [-0.3, -0.25) is 4.90 Å². The van der Waals surface area contributed by atoms with Gasteiger partial charge in [-0.15, -0.1) is 11.3 Å². The number of rotatable bonds is 8. The predicted molar refractivity (Wildman–Crippen MR) is 85.7 cm³/mol. The van der Waals surface area contributed by atoms with Gasteiger partial charge in [0.15, 0.2) is 0 Å². The summed E-state index contributed by atoms with van der Waals surface area (Å²) in [5.41, 5.74) is 4.72. The number of hydrogen-bond acceptors (Lipinski definition) is 4. The van der Waals surface area contributed by atoms with Gasteiger partial charge in [0.25, 0.3) is 0 Å². The van der Waals surface area contributed by atoms with Gasteiger partial charge < -0.3 is 5.32 Å². The van der Waals surface area contributed by atoms with Crippen LogP contribution >= 0.6 is 11.3 Å². The van der Waals surface area contributed by atoms with Gasteiger partial charge in [0.1, 0.15) is 5.82 Å². The zero-order valence-corrected chi connectivity index (χ0v) is 13.4. The van der Waals surface area contributed by atoms with Crippen molar-refractivity contribution in [3.05, 3.63) is 51.7 Å². The summed E-state index contributed by atoms with van der Waals surface area (Å²) in [6, 6.07) is 5.37. The summed E-state index contributed by atoms with van der Waals surface area (Å²) >= 11 is 1.58. The third-order valence-corrected chi connectivity index (χ3v) is 3.86. The van der Waals surface area contributed by atoms with E-state index in [-0.39, 0.29) is 5.82 Å². The molecule has 21 heavy (non-hydrogen) atoms. The minimum Gasteiger partial charge on any atom is -0.313 e. The van der Waals surface area contributed by atoms with Crippen molar-refractivity contribution in [1.29, 1.82) is 0 Å². The van der Waals surface area contributed by atoms with Crippen LogP contribution in [0.15, 0.2) is 29.1 Å². The van der Waals surface area contributed by atoms with Crippen LogP contribution in [0.3, 0.4) is 0 Å². The summed E-state index contributed by atoms with van der Waals surface area (Å²) in [7, 11) is 1.99. The molecule has 2 rings (SSSR count). The highest BCUT2D eigenvalue weighted by molar-refractivity contribution is 7.07. The molecule has 1 N–H and O–H groups in total. The number of benzene rings is 1. The van der Waals surface area contributed by atoms with Gasteiger partial charge in [0.05, 0.1) is 11.2 Å². The molecule has 0 radical (unpaired) electrons. The summed E-state index contributed by atoms with van der Waals surface area (Å²) in [4.78, 5) is 6.34. The fourth-order valence-corrected chi connectivity index (χ4v) is 2.76. The molecule has 1 aromatic carbocycles. The Labute approximate surface area is 129 Å². The molecule has 5 heteroatoms. The second-order valence-corrected chi connectivity index (χ2v) is 5.97. The van der Waals surface area contributed by atoms with Crippen molar-refractivity contribution in [2.45, 2.75) is 33.0 Å². The summed E-state index contributed by atoms with van der Waals surface area (Å²) in [5.74, 6) is -0.139. The first-order valence-electron chi connectivity index (χ1n) is 7.22. The van der Waals surface area contributed by atoms with E-state index < -0.39 is 0 Å². The maximum absolute atomic E-state index is 13.9. The van der Waals surface area contributed by atoms with Crippen molar-refractivity contribution in [2.75, 3.05) is 13.6 Å². The molecule has 1 aromatic heterocycles. The molecule has 0 atom stereocenters. The van der Waals surface area contributed by atoms with Crippen molar-refractivity contribution in [2.24, 2.45) is 0 Å². The Morgan fingerprint density at radius 3 is 2.90 bits per heavy atom. The largest absolute Gasteiger partial charge is 0.313 e. The molecule has 0 saturated heterocycles. The van der Waals surface area contributed by atoms with E-state index in [9.17, 15) is 4.39 Å². The van der Waals surface area contributed by atoms with E-state index in [4.69, 9.17) is 0 Å². The molecular weight excluding hydrogens is 285 g/mol. The molecular formula is C16H22FN3S. The van der Waals surface area contributed by atoms with E-state index in [0.717, 1.165) is 42.9 Å². The van der Waals surface area contributed by atoms with Crippen LogP contribution in [0.5, 0.6) is 0 Å². The quantitative estimate of drug-likeness (QED) is 0.758. The van der Waals surface area contributed by atoms with Gasteiger partial charge in [0, 0.05) is 30.6 Å². The molecule has 0 bridgehead atoms. The van der Waals surface area contributed by atoms with Crippen LogP contribution < -0.4 is 5.32 Å². The first-order valence-corrected chi connectivity index (χ1v) is 8.17. The van der Waals surface area contributed by atoms with Gasteiger partial charge in [0.2, 0.25) is 0 Å². The normalized spacial score (nSPS) is 11.2. The zero-order chi connectivity index (χ0) is 15.1. The van der Waals surface area contributed by atoms with Crippen LogP contribution in [0.25, 0.3) is 0 Å². The van der Waals surface area contributed by atoms with Crippen LogP contribution in [0.2, 0.25) is 0 Å². The molecule has 0 aliphatic heterocycles. The first kappa shape index (κ1) is 16.1. The van der Waals surface area contributed by atoms with Gasteiger partial charge >= 0.3 is 0 Å². The molecule has 114 valence electrons. The minimum absolute atomic E-state index is 0.139. The maximum atomic E-state index is 13.9. The van der Waals surface area contributed by atoms with Crippen molar-refractivity contribution in [3.63, 3.8) is 0 Å². The Bertz CT molecular complexity index is 542. The Kier molecular flexibility index (Phi) is 6.29. The van der Waals surface area contributed by atoms with E-state index in [2.05, 4.69) is 22.1 Å². The Morgan fingerprint density at radius 2 is 2.19 bits per heavy atom. The summed E-state index contributed by atoms with van der Waals surface area (Å²) < 4.78 is 13.9. The predicted octanol–water partition coefficient (Wildman–Crippen LogP) is 3.41. The monoisotopic (exact) mass is 307 g/mol. The second-order valence-electron chi connectivity index (χ2n) is 5.25. The topological polar surface area (TPSA) is 28.2 Å². The lowest BCUT2D eigenvalue weighted by molar-refractivity contribution is 0.310. The molecule has 0 amide bonds. The Hall–Kier alpha value is -1.30. The molecule has 3 nitrogen and oxygen atoms in total. The summed E-state index contributed by atoms with van der Waals surface area (Å²) in [6.45, 7) is 5.23. The van der Waals surface area contributed by atoms with E-state index in [1.54, 1.807) is 17.4 Å². The van der Waals surface area contributed by atoms with Crippen molar-refractivity contribution in [1.82, 2.24) is 15.2 Å². The first-order chi connectivity index (χ1) is 10.2.